The summed E-state index contributed by atoms with van der Waals surface area (Å²) < 4.78 is 5.03. The third-order valence-corrected chi connectivity index (χ3v) is 6.21. The van der Waals surface area contributed by atoms with Crippen molar-refractivity contribution in [2.45, 2.75) is 44.7 Å². The van der Waals surface area contributed by atoms with Crippen molar-refractivity contribution in [2.24, 2.45) is 11.8 Å². The molecule has 0 bridgehead atoms. The lowest BCUT2D eigenvalue weighted by atomic mass is 9.79. The van der Waals surface area contributed by atoms with Crippen LogP contribution in [-0.2, 0) is 16.0 Å². The minimum atomic E-state index is -0.591. The fourth-order valence-electron chi connectivity index (χ4n) is 4.64. The Morgan fingerprint density at radius 3 is 2.57 bits per heavy atom. The van der Waals surface area contributed by atoms with Gasteiger partial charge in [0.15, 0.2) is 0 Å². The van der Waals surface area contributed by atoms with Gasteiger partial charge in [0.05, 0.1) is 6.61 Å². The van der Waals surface area contributed by atoms with E-state index in [1.165, 1.54) is 12.8 Å². The number of nitrogens with one attached hydrogen (secondary N) is 1. The van der Waals surface area contributed by atoms with Crippen LogP contribution in [0, 0.1) is 11.8 Å². The number of hydrogen-bond donors (Lipinski definition) is 1. The molecule has 1 aliphatic carbocycles. The number of hydrogen-bond acceptors (Lipinski definition) is 4. The van der Waals surface area contributed by atoms with Gasteiger partial charge in [-0.3, -0.25) is 4.79 Å². The molecule has 3 rings (SSSR count). The lowest BCUT2D eigenvalue weighted by Gasteiger charge is -2.34. The Morgan fingerprint density at radius 2 is 1.89 bits per heavy atom. The first-order chi connectivity index (χ1) is 13.5. The van der Waals surface area contributed by atoms with Gasteiger partial charge in [-0.05, 0) is 57.7 Å². The van der Waals surface area contributed by atoms with Gasteiger partial charge < -0.3 is 19.9 Å². The molecule has 28 heavy (non-hydrogen) atoms. The molecule has 6 nitrogen and oxygen atoms in total. The highest BCUT2D eigenvalue weighted by atomic mass is 16.5. The van der Waals surface area contributed by atoms with Crippen molar-refractivity contribution in [1.82, 2.24) is 15.1 Å². The van der Waals surface area contributed by atoms with E-state index in [1.54, 1.807) is 6.92 Å². The average molecular weight is 388 g/mol. The molecule has 0 aromatic heterocycles. The zero-order chi connectivity index (χ0) is 20.1. The molecule has 1 saturated carbocycles. The van der Waals surface area contributed by atoms with E-state index in [9.17, 15) is 9.59 Å². The lowest BCUT2D eigenvalue weighted by Crippen LogP contribution is -2.49. The van der Waals surface area contributed by atoms with E-state index in [2.05, 4.69) is 24.3 Å². The van der Waals surface area contributed by atoms with Crippen LogP contribution in [0.25, 0.3) is 0 Å². The summed E-state index contributed by atoms with van der Waals surface area (Å²) in [5, 5.41) is 2.79. The molecule has 2 aliphatic rings. The van der Waals surface area contributed by atoms with Crippen molar-refractivity contribution in [1.29, 1.82) is 0 Å². The first-order valence-electron chi connectivity index (χ1n) is 10.4. The van der Waals surface area contributed by atoms with Gasteiger partial charge in [0, 0.05) is 25.6 Å². The quantitative estimate of drug-likeness (QED) is 0.815. The smallest absolute Gasteiger partial charge is 0.407 e. The molecule has 2 amide bonds. The van der Waals surface area contributed by atoms with Crippen molar-refractivity contribution in [3.8, 4) is 0 Å². The molecular formula is C22H33N3O3. The number of alkyl carbamates (subject to hydrolysis) is 1. The Bertz CT molecular complexity index is 664. The standard InChI is InChI=1S/C22H33N3O3/c1-4-28-22(27)23-20(12-16-8-6-5-7-9-16)21(26)25-14-17-10-11-19(24(2)3)13-18(17)15-25/h5-9,17-20H,4,10-15H2,1-3H3,(H,23,27)/t17?,18?,19?,20-/m1/s1. The van der Waals surface area contributed by atoms with Gasteiger partial charge in [-0.1, -0.05) is 30.3 Å². The Kier molecular flexibility index (Phi) is 6.94. The van der Waals surface area contributed by atoms with Gasteiger partial charge in [0.25, 0.3) is 0 Å². The van der Waals surface area contributed by atoms with Gasteiger partial charge in [-0.15, -0.1) is 0 Å². The fraction of sp³-hybridized carbons (Fsp3) is 0.636. The summed E-state index contributed by atoms with van der Waals surface area (Å²) in [6.07, 6.45) is 3.47. The van der Waals surface area contributed by atoms with E-state index in [0.717, 1.165) is 25.1 Å². The Labute approximate surface area is 168 Å². The summed E-state index contributed by atoms with van der Waals surface area (Å²) in [7, 11) is 4.28. The number of benzene rings is 1. The number of amides is 2. The molecule has 2 fully saturated rings. The number of rotatable bonds is 6. The predicted molar refractivity (Wildman–Crippen MR) is 109 cm³/mol. The summed E-state index contributed by atoms with van der Waals surface area (Å²) >= 11 is 0. The monoisotopic (exact) mass is 387 g/mol. The molecular weight excluding hydrogens is 354 g/mol. The molecule has 1 aromatic rings. The van der Waals surface area contributed by atoms with Crippen molar-refractivity contribution in [3.05, 3.63) is 35.9 Å². The summed E-state index contributed by atoms with van der Waals surface area (Å²) in [5.41, 5.74) is 1.03. The van der Waals surface area contributed by atoms with Crippen LogP contribution in [0.2, 0.25) is 0 Å². The van der Waals surface area contributed by atoms with Crippen LogP contribution in [0.15, 0.2) is 30.3 Å². The van der Waals surface area contributed by atoms with Crippen molar-refractivity contribution < 1.29 is 14.3 Å². The van der Waals surface area contributed by atoms with E-state index in [1.807, 2.05) is 35.2 Å². The van der Waals surface area contributed by atoms with Crippen molar-refractivity contribution in [2.75, 3.05) is 33.8 Å². The highest BCUT2D eigenvalue weighted by Gasteiger charge is 2.41. The molecule has 0 radical (unpaired) electrons. The third kappa shape index (κ3) is 5.04. The number of carbonyl (C=O) groups is 2. The van der Waals surface area contributed by atoms with E-state index in [-0.39, 0.29) is 12.5 Å². The molecule has 1 aliphatic heterocycles. The van der Waals surface area contributed by atoms with Gasteiger partial charge in [0.1, 0.15) is 6.04 Å². The van der Waals surface area contributed by atoms with E-state index >= 15 is 0 Å². The second kappa shape index (κ2) is 9.41. The third-order valence-electron chi connectivity index (χ3n) is 6.21. The maximum Gasteiger partial charge on any atom is 0.407 e. The Hall–Kier alpha value is -2.08. The molecule has 6 heteroatoms. The Morgan fingerprint density at radius 1 is 1.18 bits per heavy atom. The summed E-state index contributed by atoms with van der Waals surface area (Å²) in [6, 6.07) is 9.84. The van der Waals surface area contributed by atoms with Crippen LogP contribution in [0.4, 0.5) is 4.79 Å². The highest BCUT2D eigenvalue weighted by Crippen LogP contribution is 2.37. The number of ether oxygens (including phenoxy) is 1. The first kappa shape index (κ1) is 20.6. The zero-order valence-electron chi connectivity index (χ0n) is 17.3. The zero-order valence-corrected chi connectivity index (χ0v) is 17.3. The normalized spacial score (nSPS) is 25.3. The fourth-order valence-corrected chi connectivity index (χ4v) is 4.64. The van der Waals surface area contributed by atoms with Gasteiger partial charge in [-0.25, -0.2) is 4.79 Å². The predicted octanol–water partition coefficient (Wildman–Crippen LogP) is 2.53. The minimum absolute atomic E-state index is 0.00714. The molecule has 3 unspecified atom stereocenters. The van der Waals surface area contributed by atoms with Gasteiger partial charge in [-0.2, -0.15) is 0 Å². The number of likely N-dealkylation sites (tertiary alicyclic amines) is 1. The lowest BCUT2D eigenvalue weighted by molar-refractivity contribution is -0.132. The van der Waals surface area contributed by atoms with Gasteiger partial charge >= 0.3 is 6.09 Å². The SMILES string of the molecule is CCOC(=O)N[C@H](Cc1ccccc1)C(=O)N1CC2CCC(N(C)C)CC2C1. The van der Waals surface area contributed by atoms with Crippen LogP contribution in [-0.4, -0.2) is 67.7 Å². The largest absolute Gasteiger partial charge is 0.450 e. The molecule has 1 aromatic carbocycles. The molecule has 4 atom stereocenters. The number of nitrogens with zero attached hydrogens (tertiary/aromatic N) is 2. The summed E-state index contributed by atoms with van der Waals surface area (Å²) in [5.74, 6) is 1.15. The summed E-state index contributed by atoms with van der Waals surface area (Å²) in [4.78, 5) is 29.6. The van der Waals surface area contributed by atoms with Crippen molar-refractivity contribution in [3.63, 3.8) is 0 Å². The van der Waals surface area contributed by atoms with Crippen LogP contribution >= 0.6 is 0 Å². The molecule has 1 heterocycles. The summed E-state index contributed by atoms with van der Waals surface area (Å²) in [6.45, 7) is 3.65. The van der Waals surface area contributed by atoms with Crippen LogP contribution in [0.5, 0.6) is 0 Å². The average Bonchev–Trinajstić information content (AvgIpc) is 3.11. The van der Waals surface area contributed by atoms with E-state index in [4.69, 9.17) is 4.74 Å². The number of fused-ring (bicyclic) bond motifs is 1. The van der Waals surface area contributed by atoms with E-state index in [0.29, 0.717) is 24.3 Å². The topological polar surface area (TPSA) is 61.9 Å². The second-order valence-electron chi connectivity index (χ2n) is 8.30. The van der Waals surface area contributed by atoms with Gasteiger partial charge in [0.2, 0.25) is 5.91 Å². The first-order valence-corrected chi connectivity index (χ1v) is 10.4. The maximum absolute atomic E-state index is 13.3. The van der Waals surface area contributed by atoms with Crippen LogP contribution in [0.1, 0.15) is 31.7 Å². The molecule has 1 saturated heterocycles. The minimum Gasteiger partial charge on any atom is -0.450 e. The van der Waals surface area contributed by atoms with Crippen LogP contribution < -0.4 is 5.32 Å². The molecule has 0 spiro atoms. The molecule has 154 valence electrons. The Balaban J connectivity index is 1.67. The number of carbonyl (C=O) groups excluding carboxylic acids is 2. The van der Waals surface area contributed by atoms with Crippen LogP contribution in [0.3, 0.4) is 0 Å². The molecule has 1 N–H and O–H groups in total. The van der Waals surface area contributed by atoms with E-state index < -0.39 is 12.1 Å². The van der Waals surface area contributed by atoms with Crippen molar-refractivity contribution >= 4 is 12.0 Å². The highest BCUT2D eigenvalue weighted by molar-refractivity contribution is 5.86. The second-order valence-corrected chi connectivity index (χ2v) is 8.30. The maximum atomic E-state index is 13.3.